The first-order chi connectivity index (χ1) is 9.02. The monoisotopic (exact) mass is 304 g/mol. The van der Waals surface area contributed by atoms with Gasteiger partial charge in [-0.2, -0.15) is 0 Å². The number of carbonyl (C=O) groups is 3. The van der Waals surface area contributed by atoms with Gasteiger partial charge in [0.1, 0.15) is 4.88 Å². The number of likely N-dealkylation sites (N-methyl/N-ethyl adjacent to an activating group) is 1. The number of carbonyl (C=O) groups excluding carboxylic acids is 3. The minimum absolute atomic E-state index is 0.144. The Morgan fingerprint density at radius 3 is 2.58 bits per heavy atom. The van der Waals surface area contributed by atoms with Crippen molar-refractivity contribution in [1.82, 2.24) is 10.6 Å². The molecular weight excluding hydrogens is 292 g/mol. The third-order valence-corrected chi connectivity index (χ3v) is 3.14. The van der Waals surface area contributed by atoms with Crippen LogP contribution < -0.4 is 10.6 Å². The van der Waals surface area contributed by atoms with Crippen LogP contribution >= 0.6 is 22.9 Å². The van der Waals surface area contributed by atoms with Crippen molar-refractivity contribution < 1.29 is 19.1 Å². The molecule has 0 bridgehead atoms. The van der Waals surface area contributed by atoms with Crippen molar-refractivity contribution in [3.8, 4) is 0 Å². The van der Waals surface area contributed by atoms with Crippen LogP contribution in [0.3, 0.4) is 0 Å². The van der Waals surface area contributed by atoms with E-state index in [1.165, 1.54) is 6.07 Å². The Kier molecular flexibility index (Phi) is 6.31. The molecule has 0 saturated carbocycles. The number of thiophene rings is 1. The van der Waals surface area contributed by atoms with E-state index in [-0.39, 0.29) is 12.5 Å². The molecule has 1 aromatic heterocycles. The van der Waals surface area contributed by atoms with Crippen molar-refractivity contribution in [1.29, 1.82) is 0 Å². The molecule has 19 heavy (non-hydrogen) atoms. The average molecular weight is 305 g/mol. The van der Waals surface area contributed by atoms with Crippen molar-refractivity contribution in [3.63, 3.8) is 0 Å². The fourth-order valence-electron chi connectivity index (χ4n) is 1.12. The van der Waals surface area contributed by atoms with Crippen LogP contribution in [-0.4, -0.2) is 37.5 Å². The summed E-state index contributed by atoms with van der Waals surface area (Å²) < 4.78 is 5.23. The summed E-state index contributed by atoms with van der Waals surface area (Å²) in [6.45, 7) is 1.68. The Labute approximate surface area is 119 Å². The fourth-order valence-corrected chi connectivity index (χ4v) is 2.05. The summed E-state index contributed by atoms with van der Waals surface area (Å²) in [5.74, 6) is -1.46. The van der Waals surface area contributed by atoms with Crippen molar-refractivity contribution in [3.05, 3.63) is 21.3 Å². The number of rotatable bonds is 6. The smallest absolute Gasteiger partial charge is 0.348 e. The maximum atomic E-state index is 11.5. The zero-order valence-corrected chi connectivity index (χ0v) is 11.8. The van der Waals surface area contributed by atoms with Crippen molar-refractivity contribution in [2.75, 3.05) is 19.7 Å². The molecule has 0 radical (unpaired) electrons. The lowest BCUT2D eigenvalue weighted by Gasteiger charge is -2.05. The molecule has 0 aliphatic rings. The van der Waals surface area contributed by atoms with E-state index in [0.29, 0.717) is 15.8 Å². The number of halogens is 1. The predicted molar refractivity (Wildman–Crippen MR) is 71.3 cm³/mol. The molecule has 1 aromatic rings. The van der Waals surface area contributed by atoms with Gasteiger partial charge in [0.25, 0.3) is 5.91 Å². The standard InChI is InChI=1S/C11H13ClN2O4S/c1-2-13-9(15)5-14-10(16)6-18-11(17)7-3-4-8(12)19-7/h3-4H,2,5-6H2,1H3,(H,13,15)(H,14,16). The fraction of sp³-hybridized carbons (Fsp3) is 0.364. The molecule has 1 heterocycles. The van der Waals surface area contributed by atoms with Gasteiger partial charge in [0, 0.05) is 6.54 Å². The summed E-state index contributed by atoms with van der Waals surface area (Å²) >= 11 is 6.74. The molecule has 0 fully saturated rings. The number of esters is 1. The van der Waals surface area contributed by atoms with E-state index in [2.05, 4.69) is 10.6 Å². The van der Waals surface area contributed by atoms with E-state index in [0.717, 1.165) is 11.3 Å². The molecule has 0 aliphatic heterocycles. The first-order valence-electron chi connectivity index (χ1n) is 5.48. The molecular formula is C11H13ClN2O4S. The first kappa shape index (κ1) is 15.5. The maximum absolute atomic E-state index is 11.5. The third-order valence-electron chi connectivity index (χ3n) is 1.93. The van der Waals surface area contributed by atoms with Gasteiger partial charge in [-0.25, -0.2) is 4.79 Å². The number of amides is 2. The molecule has 2 amide bonds. The van der Waals surface area contributed by atoms with Gasteiger partial charge in [0.15, 0.2) is 6.61 Å². The molecule has 1 rings (SSSR count). The van der Waals surface area contributed by atoms with Crippen LogP contribution in [0.4, 0.5) is 0 Å². The summed E-state index contributed by atoms with van der Waals surface area (Å²) in [5.41, 5.74) is 0. The highest BCUT2D eigenvalue weighted by Crippen LogP contribution is 2.21. The quantitative estimate of drug-likeness (QED) is 0.762. The van der Waals surface area contributed by atoms with E-state index in [9.17, 15) is 14.4 Å². The van der Waals surface area contributed by atoms with E-state index in [1.54, 1.807) is 13.0 Å². The van der Waals surface area contributed by atoms with E-state index in [4.69, 9.17) is 16.3 Å². The topological polar surface area (TPSA) is 84.5 Å². The predicted octanol–water partition coefficient (Wildman–Crippen LogP) is 0.811. The highest BCUT2D eigenvalue weighted by atomic mass is 35.5. The lowest BCUT2D eigenvalue weighted by Crippen LogP contribution is -2.38. The van der Waals surface area contributed by atoms with Crippen LogP contribution in [0.2, 0.25) is 4.34 Å². The summed E-state index contributed by atoms with van der Waals surface area (Å²) in [4.78, 5) is 34.2. The summed E-state index contributed by atoms with van der Waals surface area (Å²) in [6.07, 6.45) is 0. The van der Waals surface area contributed by atoms with E-state index >= 15 is 0 Å². The molecule has 104 valence electrons. The van der Waals surface area contributed by atoms with E-state index < -0.39 is 18.5 Å². The van der Waals surface area contributed by atoms with Crippen LogP contribution in [0, 0.1) is 0 Å². The van der Waals surface area contributed by atoms with Crippen molar-refractivity contribution in [2.45, 2.75) is 6.92 Å². The Balaban J connectivity index is 2.26. The van der Waals surface area contributed by atoms with Crippen LogP contribution in [0.25, 0.3) is 0 Å². The third kappa shape index (κ3) is 5.71. The number of hydrogen-bond donors (Lipinski definition) is 2. The summed E-state index contributed by atoms with van der Waals surface area (Å²) in [6, 6.07) is 3.08. The Morgan fingerprint density at radius 1 is 1.26 bits per heavy atom. The second-order valence-corrected chi connectivity index (χ2v) is 5.13. The second kappa shape index (κ2) is 7.75. The van der Waals surface area contributed by atoms with Crippen molar-refractivity contribution in [2.24, 2.45) is 0 Å². The number of nitrogens with one attached hydrogen (secondary N) is 2. The SMILES string of the molecule is CCNC(=O)CNC(=O)COC(=O)c1ccc(Cl)s1. The lowest BCUT2D eigenvalue weighted by molar-refractivity contribution is -0.127. The second-order valence-electron chi connectivity index (χ2n) is 3.41. The average Bonchev–Trinajstić information content (AvgIpc) is 2.80. The van der Waals surface area contributed by atoms with Gasteiger partial charge in [-0.15, -0.1) is 11.3 Å². The number of ether oxygens (including phenoxy) is 1. The first-order valence-corrected chi connectivity index (χ1v) is 6.68. The summed E-state index contributed by atoms with van der Waals surface area (Å²) in [5, 5.41) is 4.85. The van der Waals surface area contributed by atoms with Gasteiger partial charge in [0.2, 0.25) is 5.91 Å². The molecule has 0 atom stereocenters. The zero-order chi connectivity index (χ0) is 14.3. The lowest BCUT2D eigenvalue weighted by atomic mass is 10.5. The molecule has 2 N–H and O–H groups in total. The molecule has 0 unspecified atom stereocenters. The molecule has 6 nitrogen and oxygen atoms in total. The molecule has 0 aliphatic carbocycles. The Bertz CT molecular complexity index is 475. The van der Waals surface area contributed by atoms with Gasteiger partial charge in [-0.3, -0.25) is 9.59 Å². The normalized spacial score (nSPS) is 9.79. The minimum Gasteiger partial charge on any atom is -0.451 e. The van der Waals surface area contributed by atoms with Crippen LogP contribution in [0.5, 0.6) is 0 Å². The minimum atomic E-state index is -0.620. The highest BCUT2D eigenvalue weighted by molar-refractivity contribution is 7.17. The van der Waals surface area contributed by atoms with Gasteiger partial charge < -0.3 is 15.4 Å². The Morgan fingerprint density at radius 2 is 2.00 bits per heavy atom. The van der Waals surface area contributed by atoms with Gasteiger partial charge in [-0.05, 0) is 19.1 Å². The molecule has 8 heteroatoms. The molecule has 0 spiro atoms. The van der Waals surface area contributed by atoms with Gasteiger partial charge in [-0.1, -0.05) is 11.6 Å². The maximum Gasteiger partial charge on any atom is 0.348 e. The largest absolute Gasteiger partial charge is 0.451 e. The van der Waals surface area contributed by atoms with E-state index in [1.807, 2.05) is 0 Å². The van der Waals surface area contributed by atoms with Gasteiger partial charge >= 0.3 is 5.97 Å². The van der Waals surface area contributed by atoms with Crippen molar-refractivity contribution >= 4 is 40.7 Å². The van der Waals surface area contributed by atoms with Gasteiger partial charge in [0.05, 0.1) is 10.9 Å². The van der Waals surface area contributed by atoms with Crippen LogP contribution in [-0.2, 0) is 14.3 Å². The Hall–Kier alpha value is -1.60. The molecule has 0 aromatic carbocycles. The number of hydrogen-bond acceptors (Lipinski definition) is 5. The summed E-state index contributed by atoms with van der Waals surface area (Å²) in [7, 11) is 0. The van der Waals surface area contributed by atoms with Crippen LogP contribution in [0.15, 0.2) is 12.1 Å². The highest BCUT2D eigenvalue weighted by Gasteiger charge is 2.12. The molecule has 0 saturated heterocycles. The zero-order valence-electron chi connectivity index (χ0n) is 10.2. The van der Waals surface area contributed by atoms with Crippen LogP contribution in [0.1, 0.15) is 16.6 Å².